The topological polar surface area (TPSA) is 94.4 Å². The lowest BCUT2D eigenvalue weighted by Gasteiger charge is -2.19. The Morgan fingerprint density at radius 1 is 1.38 bits per heavy atom. The summed E-state index contributed by atoms with van der Waals surface area (Å²) >= 11 is 1.38. The molecule has 0 aliphatic rings. The SMILES string of the molecule is CC(C)(C)OC(=O)Nc1ccc(C#Cc2nccs2)cc1[N+](=O)[O-]. The van der Waals surface area contributed by atoms with Gasteiger partial charge in [-0.15, -0.1) is 11.3 Å². The van der Waals surface area contributed by atoms with Crippen LogP contribution in [0.1, 0.15) is 31.3 Å². The van der Waals surface area contributed by atoms with E-state index in [-0.39, 0.29) is 11.4 Å². The smallest absolute Gasteiger partial charge is 0.412 e. The van der Waals surface area contributed by atoms with Crippen molar-refractivity contribution in [1.82, 2.24) is 4.98 Å². The highest BCUT2D eigenvalue weighted by Crippen LogP contribution is 2.26. The molecule has 0 fully saturated rings. The van der Waals surface area contributed by atoms with E-state index in [9.17, 15) is 14.9 Å². The van der Waals surface area contributed by atoms with Gasteiger partial charge in [-0.1, -0.05) is 5.92 Å². The summed E-state index contributed by atoms with van der Waals surface area (Å²) in [5.41, 5.74) is -0.453. The Balaban J connectivity index is 2.24. The molecule has 1 aromatic heterocycles. The van der Waals surface area contributed by atoms with Gasteiger partial charge in [-0.25, -0.2) is 9.78 Å². The van der Waals surface area contributed by atoms with E-state index >= 15 is 0 Å². The van der Waals surface area contributed by atoms with Gasteiger partial charge in [0.2, 0.25) is 0 Å². The second-order valence-electron chi connectivity index (χ2n) is 5.70. The first kappa shape index (κ1) is 17.4. The summed E-state index contributed by atoms with van der Waals surface area (Å²) in [6, 6.07) is 4.31. The van der Waals surface area contributed by atoms with Crippen molar-refractivity contribution in [3.8, 4) is 11.8 Å². The van der Waals surface area contributed by atoms with E-state index in [2.05, 4.69) is 22.1 Å². The number of hydrogen-bond acceptors (Lipinski definition) is 6. The number of ether oxygens (including phenoxy) is 1. The summed E-state index contributed by atoms with van der Waals surface area (Å²) in [4.78, 5) is 26.4. The molecule has 0 aliphatic carbocycles. The quantitative estimate of drug-likeness (QED) is 0.507. The van der Waals surface area contributed by atoms with E-state index in [1.165, 1.54) is 23.5 Å². The average Bonchev–Trinajstić information content (AvgIpc) is 2.97. The Bertz CT molecular complexity index is 814. The number of nitrogens with one attached hydrogen (secondary N) is 1. The molecule has 1 N–H and O–H groups in total. The summed E-state index contributed by atoms with van der Waals surface area (Å²) in [7, 11) is 0. The third-order valence-electron chi connectivity index (χ3n) is 2.58. The average molecular weight is 345 g/mol. The van der Waals surface area contributed by atoms with Crippen molar-refractivity contribution in [2.75, 3.05) is 5.32 Å². The summed E-state index contributed by atoms with van der Waals surface area (Å²) in [6.07, 6.45) is 0.873. The lowest BCUT2D eigenvalue weighted by molar-refractivity contribution is -0.383. The Hall–Kier alpha value is -2.92. The molecule has 124 valence electrons. The highest BCUT2D eigenvalue weighted by molar-refractivity contribution is 7.10. The monoisotopic (exact) mass is 345 g/mol. The second kappa shape index (κ2) is 7.10. The molecular formula is C16H15N3O4S. The zero-order valence-electron chi connectivity index (χ0n) is 13.3. The molecule has 0 saturated heterocycles. The number of benzene rings is 1. The van der Waals surface area contributed by atoms with Gasteiger partial charge in [0.15, 0.2) is 5.01 Å². The Morgan fingerprint density at radius 2 is 2.12 bits per heavy atom. The van der Waals surface area contributed by atoms with Crippen LogP contribution in [0.5, 0.6) is 0 Å². The molecule has 2 rings (SSSR count). The highest BCUT2D eigenvalue weighted by Gasteiger charge is 2.20. The number of thiazole rings is 1. The van der Waals surface area contributed by atoms with Gasteiger partial charge in [-0.3, -0.25) is 15.4 Å². The van der Waals surface area contributed by atoms with Crippen molar-refractivity contribution in [2.45, 2.75) is 26.4 Å². The predicted octanol–water partition coefficient (Wildman–Crippen LogP) is 3.80. The van der Waals surface area contributed by atoms with E-state index in [1.54, 1.807) is 38.4 Å². The molecule has 24 heavy (non-hydrogen) atoms. The van der Waals surface area contributed by atoms with Crippen molar-refractivity contribution < 1.29 is 14.5 Å². The molecule has 0 bridgehead atoms. The molecule has 1 aromatic carbocycles. The van der Waals surface area contributed by atoms with Gasteiger partial charge in [0.25, 0.3) is 5.69 Å². The number of nitro groups is 1. The number of anilines is 1. The van der Waals surface area contributed by atoms with Crippen LogP contribution in [0.4, 0.5) is 16.2 Å². The van der Waals surface area contributed by atoms with Crippen molar-refractivity contribution >= 4 is 28.8 Å². The molecule has 0 radical (unpaired) electrons. The van der Waals surface area contributed by atoms with Crippen LogP contribution in [0.15, 0.2) is 29.8 Å². The molecule has 0 atom stereocenters. The highest BCUT2D eigenvalue weighted by atomic mass is 32.1. The van der Waals surface area contributed by atoms with Crippen LogP contribution in [-0.4, -0.2) is 21.6 Å². The lowest BCUT2D eigenvalue weighted by Crippen LogP contribution is -2.27. The lowest BCUT2D eigenvalue weighted by atomic mass is 10.1. The van der Waals surface area contributed by atoms with Crippen LogP contribution < -0.4 is 5.32 Å². The van der Waals surface area contributed by atoms with Gasteiger partial charge in [0.1, 0.15) is 11.3 Å². The minimum Gasteiger partial charge on any atom is -0.444 e. The van der Waals surface area contributed by atoms with Crippen molar-refractivity contribution in [3.63, 3.8) is 0 Å². The van der Waals surface area contributed by atoms with E-state index in [4.69, 9.17) is 4.74 Å². The molecule has 8 heteroatoms. The van der Waals surface area contributed by atoms with Gasteiger partial charge in [0.05, 0.1) is 4.92 Å². The number of carbonyl (C=O) groups is 1. The van der Waals surface area contributed by atoms with E-state index in [0.29, 0.717) is 10.6 Å². The Kier molecular flexibility index (Phi) is 5.16. The molecule has 0 spiro atoms. The van der Waals surface area contributed by atoms with Crippen LogP contribution in [-0.2, 0) is 4.74 Å². The number of carbonyl (C=O) groups excluding carboxylic acids is 1. The van der Waals surface area contributed by atoms with Crippen molar-refractivity contribution in [3.05, 3.63) is 50.5 Å². The molecule has 0 unspecified atom stereocenters. The van der Waals surface area contributed by atoms with E-state index in [1.807, 2.05) is 0 Å². The number of rotatable bonds is 2. The minimum atomic E-state index is -0.757. The Morgan fingerprint density at radius 3 is 2.71 bits per heavy atom. The molecule has 2 aromatic rings. The molecule has 1 amide bonds. The third kappa shape index (κ3) is 5.07. The first-order chi connectivity index (χ1) is 11.2. The first-order valence-electron chi connectivity index (χ1n) is 6.94. The molecule has 1 heterocycles. The summed E-state index contributed by atoms with van der Waals surface area (Å²) in [6.45, 7) is 5.12. The number of amides is 1. The van der Waals surface area contributed by atoms with E-state index < -0.39 is 16.6 Å². The number of aromatic nitrogens is 1. The zero-order chi connectivity index (χ0) is 17.7. The minimum absolute atomic E-state index is 0.0500. The van der Waals surface area contributed by atoms with Crippen LogP contribution >= 0.6 is 11.3 Å². The van der Waals surface area contributed by atoms with Crippen LogP contribution in [0.2, 0.25) is 0 Å². The fourth-order valence-corrected chi connectivity index (χ4v) is 2.17. The van der Waals surface area contributed by atoms with Crippen molar-refractivity contribution in [2.24, 2.45) is 0 Å². The fraction of sp³-hybridized carbons (Fsp3) is 0.250. The van der Waals surface area contributed by atoms with Gasteiger partial charge < -0.3 is 4.74 Å². The summed E-state index contributed by atoms with van der Waals surface area (Å²) < 4.78 is 5.10. The first-order valence-corrected chi connectivity index (χ1v) is 7.82. The molecule has 0 saturated carbocycles. The molecule has 7 nitrogen and oxygen atoms in total. The second-order valence-corrected chi connectivity index (χ2v) is 6.60. The number of hydrogen-bond donors (Lipinski definition) is 1. The maximum atomic E-state index is 11.8. The van der Waals surface area contributed by atoms with Crippen molar-refractivity contribution in [1.29, 1.82) is 0 Å². The molecule has 0 aliphatic heterocycles. The van der Waals surface area contributed by atoms with Gasteiger partial charge in [-0.05, 0) is 38.8 Å². The number of nitro benzene ring substituents is 1. The summed E-state index contributed by atoms with van der Waals surface area (Å²) in [5, 5.41) is 16.0. The Labute approximate surface area is 142 Å². The standard InChI is InChI=1S/C16H15N3O4S/c1-16(2,3)23-15(20)18-12-6-4-11(10-13(12)19(21)22)5-7-14-17-8-9-24-14/h4,6,8-10H,1-3H3,(H,18,20). The van der Waals surface area contributed by atoms with Crippen LogP contribution in [0.3, 0.4) is 0 Å². The maximum Gasteiger partial charge on any atom is 0.412 e. The fourth-order valence-electron chi connectivity index (χ4n) is 1.69. The largest absolute Gasteiger partial charge is 0.444 e. The van der Waals surface area contributed by atoms with Gasteiger partial charge in [-0.2, -0.15) is 0 Å². The van der Waals surface area contributed by atoms with Gasteiger partial charge >= 0.3 is 6.09 Å². The zero-order valence-corrected chi connectivity index (χ0v) is 14.1. The van der Waals surface area contributed by atoms with E-state index in [0.717, 1.165) is 0 Å². The summed E-state index contributed by atoms with van der Waals surface area (Å²) in [5.74, 6) is 5.63. The molecular weight excluding hydrogens is 330 g/mol. The normalized spacial score (nSPS) is 10.5. The predicted molar refractivity (Wildman–Crippen MR) is 91.0 cm³/mol. The number of nitrogens with zero attached hydrogens (tertiary/aromatic N) is 2. The maximum absolute atomic E-state index is 11.8. The van der Waals surface area contributed by atoms with Gasteiger partial charge in [0, 0.05) is 23.2 Å². The van der Waals surface area contributed by atoms with Crippen LogP contribution in [0, 0.1) is 22.0 Å². The third-order valence-corrected chi connectivity index (χ3v) is 3.26. The van der Waals surface area contributed by atoms with Crippen LogP contribution in [0.25, 0.3) is 0 Å².